The summed E-state index contributed by atoms with van der Waals surface area (Å²) in [5.74, 6) is 3.50. The first-order chi connectivity index (χ1) is 33.7. The van der Waals surface area contributed by atoms with Gasteiger partial charge in [0.2, 0.25) is 5.95 Å². The second-order valence-electron chi connectivity index (χ2n) is 16.7. The quantitative estimate of drug-likeness (QED) is 0.151. The maximum Gasteiger partial charge on any atom is 0.238 e. The van der Waals surface area contributed by atoms with E-state index >= 15 is 0 Å². The van der Waals surface area contributed by atoms with E-state index in [-0.39, 0.29) is 0 Å². The van der Waals surface area contributed by atoms with Gasteiger partial charge in [0.25, 0.3) is 0 Å². The Balaban J connectivity index is 1.06. The predicted octanol–water partition coefficient (Wildman–Crippen LogP) is 14.3. The molecule has 0 saturated heterocycles. The summed E-state index contributed by atoms with van der Waals surface area (Å²) in [5, 5.41) is 4.45. The van der Waals surface area contributed by atoms with Crippen LogP contribution < -0.4 is 0 Å². The summed E-state index contributed by atoms with van der Waals surface area (Å²) in [5.41, 5.74) is 11.7. The van der Waals surface area contributed by atoms with Crippen LogP contribution in [0.25, 0.3) is 123 Å². The van der Waals surface area contributed by atoms with E-state index in [2.05, 4.69) is 143 Å². The monoisotopic (exact) mass is 870 g/mol. The van der Waals surface area contributed by atoms with E-state index < -0.39 is 0 Å². The molecule has 0 atom stereocenters. The van der Waals surface area contributed by atoms with Crippen LogP contribution in [0.3, 0.4) is 0 Å². The maximum atomic E-state index is 5.30. The molecule has 68 heavy (non-hydrogen) atoms. The summed E-state index contributed by atoms with van der Waals surface area (Å²) >= 11 is 0. The summed E-state index contributed by atoms with van der Waals surface area (Å²) in [6.45, 7) is 0. The molecule has 8 heteroatoms. The van der Waals surface area contributed by atoms with Gasteiger partial charge in [-0.25, -0.2) is 19.9 Å². The van der Waals surface area contributed by atoms with Crippen LogP contribution in [0.15, 0.2) is 231 Å². The van der Waals surface area contributed by atoms with E-state index in [0.29, 0.717) is 35.1 Å². The van der Waals surface area contributed by atoms with Crippen molar-refractivity contribution in [2.24, 2.45) is 0 Å². The molecule has 13 rings (SSSR count). The van der Waals surface area contributed by atoms with Gasteiger partial charge in [0.05, 0.1) is 27.8 Å². The fraction of sp³-hybridized carbons (Fsp3) is 0. The molecule has 318 valence electrons. The minimum atomic E-state index is 0.536. The van der Waals surface area contributed by atoms with Crippen LogP contribution in [0.4, 0.5) is 0 Å². The highest BCUT2D eigenvalue weighted by molar-refractivity contribution is 6.19. The molecule has 0 amide bonds. The van der Waals surface area contributed by atoms with Gasteiger partial charge in [0.1, 0.15) is 0 Å². The molecule has 0 unspecified atom stereocenters. The molecule has 0 fully saturated rings. The Morgan fingerprint density at radius 3 is 1.24 bits per heavy atom. The summed E-state index contributed by atoms with van der Waals surface area (Å²) in [4.78, 5) is 31.2. The Kier molecular flexibility index (Phi) is 9.31. The molecule has 13 aromatic rings. The van der Waals surface area contributed by atoms with Gasteiger partial charge >= 0.3 is 0 Å². The van der Waals surface area contributed by atoms with Crippen LogP contribution in [-0.4, -0.2) is 39.0 Å². The van der Waals surface area contributed by atoms with Gasteiger partial charge in [0, 0.05) is 49.4 Å². The fourth-order valence-corrected chi connectivity index (χ4v) is 9.47. The first-order valence-electron chi connectivity index (χ1n) is 22.6. The van der Waals surface area contributed by atoms with E-state index in [4.69, 9.17) is 29.9 Å². The van der Waals surface area contributed by atoms with E-state index in [9.17, 15) is 0 Å². The lowest BCUT2D eigenvalue weighted by atomic mass is 10.0. The highest BCUT2D eigenvalue weighted by Crippen LogP contribution is 2.41. The topological polar surface area (TPSA) is 87.2 Å². The fourth-order valence-electron chi connectivity index (χ4n) is 9.47. The van der Waals surface area contributed by atoms with Crippen LogP contribution in [0.1, 0.15) is 0 Å². The second-order valence-corrected chi connectivity index (χ2v) is 16.7. The zero-order chi connectivity index (χ0) is 45.0. The summed E-state index contributed by atoms with van der Waals surface area (Å²) < 4.78 is 4.54. The van der Waals surface area contributed by atoms with Crippen LogP contribution in [-0.2, 0) is 0 Å². The number of nitrogens with zero attached hydrogens (tertiary/aromatic N) is 8. The minimum Gasteiger partial charge on any atom is -0.308 e. The standard InChI is InChI=1S/C60H38N8/c1-5-20-39(21-6-1)43-28-19-29-44(36-43)58-61-55(40-22-7-2-8-23-40)63-59(64-58)47-32-15-18-35-52(47)67-50-33-16-13-30-45(50)48-37-49-46-31-14-17-34-51(46)68(54(49)38-53(48)67)60-65-56(41-24-9-3-10-25-41)62-57(66-60)42-26-11-4-12-27-42/h1-38H. The first-order valence-corrected chi connectivity index (χ1v) is 22.6. The summed E-state index contributed by atoms with van der Waals surface area (Å²) in [6, 6.07) is 79.3. The highest BCUT2D eigenvalue weighted by Gasteiger charge is 2.23. The van der Waals surface area contributed by atoms with Gasteiger partial charge in [-0.3, -0.25) is 4.57 Å². The number of para-hydroxylation sites is 3. The van der Waals surface area contributed by atoms with Crippen LogP contribution >= 0.6 is 0 Å². The van der Waals surface area contributed by atoms with Gasteiger partial charge in [-0.05, 0) is 53.6 Å². The van der Waals surface area contributed by atoms with E-state index in [1.807, 2.05) is 97.1 Å². The van der Waals surface area contributed by atoms with Crippen molar-refractivity contribution >= 4 is 43.6 Å². The molecule has 4 aromatic heterocycles. The second kappa shape index (κ2) is 16.2. The SMILES string of the molecule is c1ccc(-c2cccc(-c3nc(-c4ccccc4)nc(-c4ccccc4-n4c5ccccc5c5cc6c7ccccc7n(-c7nc(-c8ccccc8)nc(-c8ccccc8)n7)c6cc54)n3)c2)cc1. The largest absolute Gasteiger partial charge is 0.308 e. The van der Waals surface area contributed by atoms with Gasteiger partial charge < -0.3 is 4.57 Å². The Hall–Kier alpha value is -9.40. The molecule has 0 aliphatic carbocycles. The summed E-state index contributed by atoms with van der Waals surface area (Å²) in [6.07, 6.45) is 0. The summed E-state index contributed by atoms with van der Waals surface area (Å²) in [7, 11) is 0. The molecular formula is C60H38N8. The zero-order valence-corrected chi connectivity index (χ0v) is 36.5. The van der Waals surface area contributed by atoms with Crippen molar-refractivity contribution in [3.8, 4) is 79.7 Å². The van der Waals surface area contributed by atoms with Crippen molar-refractivity contribution in [2.75, 3.05) is 0 Å². The third-order valence-electron chi connectivity index (χ3n) is 12.6. The Morgan fingerprint density at radius 1 is 0.235 bits per heavy atom. The minimum absolute atomic E-state index is 0.536. The number of hydrogen-bond donors (Lipinski definition) is 0. The number of fused-ring (bicyclic) bond motifs is 6. The smallest absolute Gasteiger partial charge is 0.238 e. The lowest BCUT2D eigenvalue weighted by Crippen LogP contribution is -2.06. The normalized spacial score (nSPS) is 11.5. The van der Waals surface area contributed by atoms with E-state index in [1.165, 1.54) is 0 Å². The van der Waals surface area contributed by atoms with Crippen LogP contribution in [0.2, 0.25) is 0 Å². The van der Waals surface area contributed by atoms with Crippen molar-refractivity contribution in [1.82, 2.24) is 39.0 Å². The van der Waals surface area contributed by atoms with Gasteiger partial charge in [-0.1, -0.05) is 188 Å². The predicted molar refractivity (Wildman–Crippen MR) is 275 cm³/mol. The zero-order valence-electron chi connectivity index (χ0n) is 36.5. The first kappa shape index (κ1) is 39.0. The van der Waals surface area contributed by atoms with Crippen molar-refractivity contribution in [2.45, 2.75) is 0 Å². The molecule has 0 aliphatic rings. The molecule has 0 bridgehead atoms. The number of benzene rings is 9. The van der Waals surface area contributed by atoms with E-state index in [1.54, 1.807) is 0 Å². The molecule has 0 aliphatic heterocycles. The van der Waals surface area contributed by atoms with Crippen LogP contribution in [0, 0.1) is 0 Å². The molecule has 9 aromatic carbocycles. The molecule has 8 nitrogen and oxygen atoms in total. The third-order valence-corrected chi connectivity index (χ3v) is 12.6. The molecule has 4 heterocycles. The molecule has 0 spiro atoms. The van der Waals surface area contributed by atoms with Crippen molar-refractivity contribution in [3.63, 3.8) is 0 Å². The average molecular weight is 871 g/mol. The van der Waals surface area contributed by atoms with Gasteiger partial charge in [-0.15, -0.1) is 0 Å². The average Bonchev–Trinajstić information content (AvgIpc) is 3.92. The van der Waals surface area contributed by atoms with Gasteiger partial charge in [0.15, 0.2) is 29.1 Å². The number of hydrogen-bond acceptors (Lipinski definition) is 6. The maximum absolute atomic E-state index is 5.30. The molecular weight excluding hydrogens is 833 g/mol. The van der Waals surface area contributed by atoms with Crippen molar-refractivity contribution in [1.29, 1.82) is 0 Å². The number of rotatable bonds is 8. The van der Waals surface area contributed by atoms with E-state index in [0.717, 1.165) is 88.2 Å². The highest BCUT2D eigenvalue weighted by atomic mass is 15.2. The Labute approximate surface area is 391 Å². The Morgan fingerprint density at radius 2 is 0.647 bits per heavy atom. The lowest BCUT2D eigenvalue weighted by Gasteiger charge is -2.15. The van der Waals surface area contributed by atoms with Crippen molar-refractivity contribution < 1.29 is 0 Å². The van der Waals surface area contributed by atoms with Crippen LogP contribution in [0.5, 0.6) is 0 Å². The Bertz CT molecular complexity index is 3960. The lowest BCUT2D eigenvalue weighted by molar-refractivity contribution is 0.953. The molecule has 0 N–H and O–H groups in total. The van der Waals surface area contributed by atoms with Gasteiger partial charge in [-0.2, -0.15) is 9.97 Å². The third kappa shape index (κ3) is 6.70. The molecule has 0 radical (unpaired) electrons. The molecule has 0 saturated carbocycles. The number of aromatic nitrogens is 8. The van der Waals surface area contributed by atoms with Crippen molar-refractivity contribution in [3.05, 3.63) is 231 Å².